The Morgan fingerprint density at radius 3 is 2.50 bits per heavy atom. The fraction of sp³-hybridized carbons (Fsp3) is 0.429. The number of rotatable bonds is 4. The van der Waals surface area contributed by atoms with Gasteiger partial charge in [0.1, 0.15) is 6.54 Å². The molecule has 0 spiro atoms. The Labute approximate surface area is 96.7 Å². The molecule has 1 aromatic rings. The lowest BCUT2D eigenvalue weighted by molar-refractivity contribution is -0.386. The number of hydrogen-bond donors (Lipinski definition) is 1. The minimum Gasteiger partial charge on any atom is -0.476 e. The Bertz CT molecular complexity index is 495. The molecule has 1 rings (SSSR count). The van der Waals surface area contributed by atoms with Crippen LogP contribution in [0.5, 0.6) is 5.88 Å². The maximum absolute atomic E-state index is 12.2. The van der Waals surface area contributed by atoms with Crippen molar-refractivity contribution in [1.82, 2.24) is 9.78 Å². The summed E-state index contributed by atoms with van der Waals surface area (Å²) in [5.41, 5.74) is -2.30. The number of ether oxygens (including phenoxy) is 1. The zero-order valence-corrected chi connectivity index (χ0v) is 8.76. The van der Waals surface area contributed by atoms with Crippen molar-refractivity contribution in [3.05, 3.63) is 15.8 Å². The first-order chi connectivity index (χ1) is 8.17. The second kappa shape index (κ2) is 4.50. The van der Waals surface area contributed by atoms with E-state index in [1.54, 1.807) is 0 Å². The molecule has 0 aliphatic rings. The highest BCUT2D eigenvalue weighted by Gasteiger charge is 2.38. The molecule has 1 aromatic heterocycles. The lowest BCUT2D eigenvalue weighted by Gasteiger charge is -2.06. The van der Waals surface area contributed by atoms with Gasteiger partial charge in [0.05, 0.1) is 12.0 Å². The number of carboxylic acids is 1. The van der Waals surface area contributed by atoms with E-state index in [1.165, 1.54) is 0 Å². The summed E-state index contributed by atoms with van der Waals surface area (Å²) in [6.07, 6.45) is -4.77. The summed E-state index contributed by atoms with van der Waals surface area (Å²) in [6, 6.07) is 0. The normalized spacial score (nSPS) is 11.3. The molecule has 8 nitrogen and oxygen atoms in total. The average molecular weight is 269 g/mol. The maximum atomic E-state index is 12.2. The minimum atomic E-state index is -4.77. The predicted molar refractivity (Wildman–Crippen MR) is 48.4 cm³/mol. The van der Waals surface area contributed by atoms with Crippen LogP contribution in [-0.2, 0) is 6.54 Å². The fourth-order valence-electron chi connectivity index (χ4n) is 1.23. The molecule has 0 radical (unpaired) electrons. The van der Waals surface area contributed by atoms with Gasteiger partial charge in [-0.1, -0.05) is 0 Å². The van der Waals surface area contributed by atoms with Gasteiger partial charge in [0, 0.05) is 0 Å². The molecule has 1 heterocycles. The minimum absolute atomic E-state index is 0.0285. The van der Waals surface area contributed by atoms with E-state index in [9.17, 15) is 28.1 Å². The highest BCUT2D eigenvalue weighted by Crippen LogP contribution is 2.31. The quantitative estimate of drug-likeness (QED) is 0.646. The monoisotopic (exact) mass is 269 g/mol. The maximum Gasteiger partial charge on any atom is 0.408 e. The van der Waals surface area contributed by atoms with E-state index < -0.39 is 40.9 Å². The summed E-state index contributed by atoms with van der Waals surface area (Å²) >= 11 is 0. The van der Waals surface area contributed by atoms with Gasteiger partial charge in [0.25, 0.3) is 0 Å². The van der Waals surface area contributed by atoms with Gasteiger partial charge in [0.2, 0.25) is 5.69 Å². The van der Waals surface area contributed by atoms with E-state index >= 15 is 0 Å². The van der Waals surface area contributed by atoms with Crippen molar-refractivity contribution in [1.29, 1.82) is 0 Å². The Kier molecular flexibility index (Phi) is 3.44. The second-order valence-electron chi connectivity index (χ2n) is 3.04. The lowest BCUT2D eigenvalue weighted by atomic mass is 10.3. The molecule has 0 aliphatic carbocycles. The van der Waals surface area contributed by atoms with Crippen molar-refractivity contribution in [3.63, 3.8) is 0 Å². The highest BCUT2D eigenvalue weighted by atomic mass is 19.4. The predicted octanol–water partition coefficient (Wildman–Crippen LogP) is 1.06. The van der Waals surface area contributed by atoms with Gasteiger partial charge in [-0.25, -0.2) is 9.48 Å². The van der Waals surface area contributed by atoms with Crippen molar-refractivity contribution in [2.45, 2.75) is 12.7 Å². The van der Waals surface area contributed by atoms with Gasteiger partial charge in [-0.05, 0) is 0 Å². The molecule has 1 N–H and O–H groups in total. The van der Waals surface area contributed by atoms with Gasteiger partial charge in [-0.15, -0.1) is 5.10 Å². The number of nitro groups is 1. The van der Waals surface area contributed by atoms with Crippen molar-refractivity contribution in [2.24, 2.45) is 0 Å². The van der Waals surface area contributed by atoms with Crippen LogP contribution in [0.2, 0.25) is 0 Å². The SMILES string of the molecule is COc1nn(CC(F)(F)F)c(C(=O)O)c1[N+](=O)[O-]. The third-order valence-electron chi connectivity index (χ3n) is 1.80. The number of aromatic carboxylic acids is 1. The molecular formula is C7H6F3N3O5. The van der Waals surface area contributed by atoms with Gasteiger partial charge in [-0.3, -0.25) is 10.1 Å². The molecule has 0 saturated heterocycles. The number of methoxy groups -OCH3 is 1. The summed E-state index contributed by atoms with van der Waals surface area (Å²) in [6.45, 7) is -1.77. The molecule has 0 aromatic carbocycles. The second-order valence-corrected chi connectivity index (χ2v) is 3.04. The summed E-state index contributed by atoms with van der Waals surface area (Å²) < 4.78 is 40.9. The van der Waals surface area contributed by atoms with Crippen LogP contribution >= 0.6 is 0 Å². The molecule has 18 heavy (non-hydrogen) atoms. The number of halogens is 3. The van der Waals surface area contributed by atoms with Crippen molar-refractivity contribution < 1.29 is 32.7 Å². The zero-order chi connectivity index (χ0) is 14.1. The fourth-order valence-corrected chi connectivity index (χ4v) is 1.23. The Morgan fingerprint density at radius 2 is 2.17 bits per heavy atom. The molecule has 100 valence electrons. The van der Waals surface area contributed by atoms with Crippen molar-refractivity contribution in [2.75, 3.05) is 7.11 Å². The topological polar surface area (TPSA) is 107 Å². The van der Waals surface area contributed by atoms with Crippen LogP contribution in [0, 0.1) is 10.1 Å². The molecule has 0 aliphatic heterocycles. The van der Waals surface area contributed by atoms with Crippen LogP contribution in [-0.4, -0.2) is 39.1 Å². The highest BCUT2D eigenvalue weighted by molar-refractivity contribution is 5.91. The van der Waals surface area contributed by atoms with Crippen LogP contribution in [0.3, 0.4) is 0 Å². The first kappa shape index (κ1) is 13.7. The number of aromatic nitrogens is 2. The van der Waals surface area contributed by atoms with Crippen molar-refractivity contribution >= 4 is 11.7 Å². The van der Waals surface area contributed by atoms with E-state index in [0.717, 1.165) is 7.11 Å². The Hall–Kier alpha value is -2.33. The number of nitrogens with zero attached hydrogens (tertiary/aromatic N) is 3. The molecule has 11 heteroatoms. The van der Waals surface area contributed by atoms with E-state index in [1.807, 2.05) is 0 Å². The van der Waals surface area contributed by atoms with Crippen LogP contribution in [0.25, 0.3) is 0 Å². The summed E-state index contributed by atoms with van der Waals surface area (Å²) in [7, 11) is 0.929. The summed E-state index contributed by atoms with van der Waals surface area (Å²) in [5, 5.41) is 22.4. The number of alkyl halides is 3. The van der Waals surface area contributed by atoms with Crippen LogP contribution in [0.15, 0.2) is 0 Å². The first-order valence-corrected chi connectivity index (χ1v) is 4.26. The Morgan fingerprint density at radius 1 is 1.61 bits per heavy atom. The van der Waals surface area contributed by atoms with Gasteiger partial charge >= 0.3 is 23.7 Å². The van der Waals surface area contributed by atoms with E-state index in [4.69, 9.17) is 5.11 Å². The molecule has 0 amide bonds. The van der Waals surface area contributed by atoms with Gasteiger partial charge < -0.3 is 9.84 Å². The molecule has 0 fully saturated rings. The number of hydrogen-bond acceptors (Lipinski definition) is 5. The van der Waals surface area contributed by atoms with Crippen LogP contribution in [0.4, 0.5) is 18.9 Å². The largest absolute Gasteiger partial charge is 0.476 e. The first-order valence-electron chi connectivity index (χ1n) is 4.26. The zero-order valence-electron chi connectivity index (χ0n) is 8.76. The smallest absolute Gasteiger partial charge is 0.408 e. The van der Waals surface area contributed by atoms with Crippen molar-refractivity contribution in [3.8, 4) is 5.88 Å². The van der Waals surface area contributed by atoms with E-state index in [0.29, 0.717) is 0 Å². The van der Waals surface area contributed by atoms with E-state index in [-0.39, 0.29) is 4.68 Å². The summed E-state index contributed by atoms with van der Waals surface area (Å²) in [5.74, 6) is -2.69. The summed E-state index contributed by atoms with van der Waals surface area (Å²) in [4.78, 5) is 20.2. The third kappa shape index (κ3) is 2.67. The average Bonchev–Trinajstić information content (AvgIpc) is 2.53. The standard InChI is InChI=1S/C7H6F3N3O5/c1-18-5-3(13(16)17)4(6(14)15)12(11-5)2-7(8,9)10/h2H2,1H3,(H,14,15). The molecule has 0 bridgehead atoms. The number of carbonyl (C=O) groups is 1. The lowest BCUT2D eigenvalue weighted by Crippen LogP contribution is -2.22. The van der Waals surface area contributed by atoms with Gasteiger partial charge in [0.15, 0.2) is 0 Å². The van der Waals surface area contributed by atoms with E-state index in [2.05, 4.69) is 9.84 Å². The van der Waals surface area contributed by atoms with Gasteiger partial charge in [-0.2, -0.15) is 13.2 Å². The molecule has 0 unspecified atom stereocenters. The Balaban J connectivity index is 3.43. The molecule has 0 saturated carbocycles. The molecule has 0 atom stereocenters. The third-order valence-corrected chi connectivity index (χ3v) is 1.80. The molecular weight excluding hydrogens is 263 g/mol. The van der Waals surface area contributed by atoms with Crippen LogP contribution < -0.4 is 4.74 Å². The van der Waals surface area contributed by atoms with Crippen LogP contribution in [0.1, 0.15) is 10.5 Å². The number of carboxylic acid groups (broad SMARTS) is 1.